The van der Waals surface area contributed by atoms with Gasteiger partial charge in [-0.15, -0.1) is 0 Å². The van der Waals surface area contributed by atoms with Crippen molar-refractivity contribution in [1.82, 2.24) is 9.97 Å². The van der Waals surface area contributed by atoms with E-state index in [9.17, 15) is 0 Å². The van der Waals surface area contributed by atoms with Crippen LogP contribution in [-0.2, 0) is 0 Å². The molecule has 0 bridgehead atoms. The Morgan fingerprint density at radius 3 is 2.55 bits per heavy atom. The lowest BCUT2D eigenvalue weighted by Crippen LogP contribution is -2.14. The van der Waals surface area contributed by atoms with E-state index in [1.165, 1.54) is 0 Å². The van der Waals surface area contributed by atoms with Gasteiger partial charge in [-0.2, -0.15) is 4.98 Å². The third-order valence-electron chi connectivity index (χ3n) is 2.83. The molecule has 22 heavy (non-hydrogen) atoms. The van der Waals surface area contributed by atoms with Gasteiger partial charge in [-0.3, -0.25) is 0 Å². The number of nitrogens with one attached hydrogen (secondary N) is 1. The maximum atomic E-state index is 5.93. The molecule has 0 aliphatic carbocycles. The summed E-state index contributed by atoms with van der Waals surface area (Å²) < 4.78 is 6.89. The molecule has 1 heterocycles. The maximum absolute atomic E-state index is 5.93. The number of rotatable bonds is 5. The van der Waals surface area contributed by atoms with Crippen LogP contribution < -0.4 is 15.8 Å². The Morgan fingerprint density at radius 1 is 1.18 bits per heavy atom. The number of hydrogen-bond acceptors (Lipinski definition) is 5. The number of benzene rings is 1. The zero-order chi connectivity index (χ0) is 16.3. The quantitative estimate of drug-likeness (QED) is 0.835. The van der Waals surface area contributed by atoms with E-state index in [-0.39, 0.29) is 18.1 Å². The first kappa shape index (κ1) is 16.5. The second kappa shape index (κ2) is 6.96. The van der Waals surface area contributed by atoms with E-state index < -0.39 is 0 Å². The molecule has 0 aliphatic heterocycles. The number of halogens is 1. The van der Waals surface area contributed by atoms with Crippen LogP contribution in [0.3, 0.4) is 0 Å². The predicted octanol–water partition coefficient (Wildman–Crippen LogP) is 4.10. The van der Waals surface area contributed by atoms with Crippen LogP contribution in [0.1, 0.15) is 27.7 Å². The molecule has 1 aromatic carbocycles. The Labute approximate surface area is 139 Å². The van der Waals surface area contributed by atoms with Gasteiger partial charge in [0, 0.05) is 27.8 Å². The molecule has 6 heteroatoms. The van der Waals surface area contributed by atoms with Gasteiger partial charge >= 0.3 is 0 Å². The molecule has 0 amide bonds. The first-order chi connectivity index (χ1) is 10.4. The number of anilines is 2. The van der Waals surface area contributed by atoms with Crippen LogP contribution in [0.4, 0.5) is 11.8 Å². The summed E-state index contributed by atoms with van der Waals surface area (Å²) in [6, 6.07) is 6.14. The van der Waals surface area contributed by atoms with Crippen molar-refractivity contribution in [3.63, 3.8) is 0 Å². The van der Waals surface area contributed by atoms with Gasteiger partial charge in [0.25, 0.3) is 0 Å². The minimum Gasteiger partial charge on any atom is -0.490 e. The SMILES string of the molecule is CC(C)Nc1nc(N)ncc1-c1ccc(Br)cc1OC(C)C. The number of nitrogen functional groups attached to an aromatic ring is 1. The highest BCUT2D eigenvalue weighted by molar-refractivity contribution is 9.10. The monoisotopic (exact) mass is 364 g/mol. The summed E-state index contributed by atoms with van der Waals surface area (Å²) >= 11 is 3.48. The molecule has 3 N–H and O–H groups in total. The number of ether oxygens (including phenoxy) is 1. The lowest BCUT2D eigenvalue weighted by Gasteiger charge is -2.18. The Bertz CT molecular complexity index is 601. The Kier molecular flexibility index (Phi) is 5.24. The average molecular weight is 365 g/mol. The second-order valence-electron chi connectivity index (χ2n) is 5.60. The molecule has 2 aromatic rings. The van der Waals surface area contributed by atoms with Crippen LogP contribution >= 0.6 is 15.9 Å². The van der Waals surface area contributed by atoms with Crippen molar-refractivity contribution in [3.8, 4) is 16.9 Å². The number of nitrogens with zero attached hydrogens (tertiary/aromatic N) is 2. The van der Waals surface area contributed by atoms with E-state index in [4.69, 9.17) is 10.5 Å². The smallest absolute Gasteiger partial charge is 0.221 e. The van der Waals surface area contributed by atoms with Crippen LogP contribution in [0.5, 0.6) is 5.75 Å². The van der Waals surface area contributed by atoms with Crippen molar-refractivity contribution < 1.29 is 4.74 Å². The fourth-order valence-corrected chi connectivity index (χ4v) is 2.39. The van der Waals surface area contributed by atoms with E-state index in [0.29, 0.717) is 5.82 Å². The molecule has 118 valence electrons. The summed E-state index contributed by atoms with van der Waals surface area (Å²) in [6.07, 6.45) is 1.80. The maximum Gasteiger partial charge on any atom is 0.221 e. The normalized spacial score (nSPS) is 11.0. The lowest BCUT2D eigenvalue weighted by atomic mass is 10.1. The molecular formula is C16H21BrN4O. The minimum atomic E-state index is 0.0734. The summed E-state index contributed by atoms with van der Waals surface area (Å²) in [7, 11) is 0. The standard InChI is InChI=1S/C16H21BrN4O/c1-9(2)20-15-13(8-19-16(18)21-15)12-6-5-11(17)7-14(12)22-10(3)4/h5-10H,1-4H3,(H3,18,19,20,21). The van der Waals surface area contributed by atoms with Crippen LogP contribution in [0.2, 0.25) is 0 Å². The molecule has 0 saturated heterocycles. The van der Waals surface area contributed by atoms with Crippen molar-refractivity contribution >= 4 is 27.7 Å². The summed E-state index contributed by atoms with van der Waals surface area (Å²) in [5.41, 5.74) is 7.52. The molecule has 0 unspecified atom stereocenters. The highest BCUT2D eigenvalue weighted by Crippen LogP contribution is 2.36. The van der Waals surface area contributed by atoms with E-state index >= 15 is 0 Å². The van der Waals surface area contributed by atoms with E-state index in [1.54, 1.807) is 6.20 Å². The molecule has 2 rings (SSSR count). The van der Waals surface area contributed by atoms with E-state index in [1.807, 2.05) is 32.0 Å². The van der Waals surface area contributed by atoms with Crippen LogP contribution in [0, 0.1) is 0 Å². The van der Waals surface area contributed by atoms with Crippen molar-refractivity contribution in [2.24, 2.45) is 0 Å². The van der Waals surface area contributed by atoms with Gasteiger partial charge in [0.1, 0.15) is 11.6 Å². The first-order valence-corrected chi connectivity index (χ1v) is 8.01. The summed E-state index contributed by atoms with van der Waals surface area (Å²) in [4.78, 5) is 8.45. The van der Waals surface area contributed by atoms with Gasteiger partial charge in [0.05, 0.1) is 6.10 Å². The number of hydrogen-bond donors (Lipinski definition) is 2. The van der Waals surface area contributed by atoms with Crippen LogP contribution in [0.15, 0.2) is 28.9 Å². The van der Waals surface area contributed by atoms with Gasteiger partial charge in [-0.1, -0.05) is 15.9 Å². The molecule has 1 aromatic heterocycles. The van der Waals surface area contributed by atoms with Gasteiger partial charge < -0.3 is 15.8 Å². The van der Waals surface area contributed by atoms with Gasteiger partial charge in [0.2, 0.25) is 5.95 Å². The van der Waals surface area contributed by atoms with Crippen molar-refractivity contribution in [3.05, 3.63) is 28.9 Å². The molecule has 0 saturated carbocycles. The third-order valence-corrected chi connectivity index (χ3v) is 3.32. The van der Waals surface area contributed by atoms with E-state index in [0.717, 1.165) is 21.3 Å². The van der Waals surface area contributed by atoms with Crippen LogP contribution in [-0.4, -0.2) is 22.1 Å². The lowest BCUT2D eigenvalue weighted by molar-refractivity contribution is 0.243. The zero-order valence-electron chi connectivity index (χ0n) is 13.2. The van der Waals surface area contributed by atoms with Gasteiger partial charge in [0.15, 0.2) is 0 Å². The molecule has 0 radical (unpaired) electrons. The van der Waals surface area contributed by atoms with Crippen molar-refractivity contribution in [2.45, 2.75) is 39.8 Å². The van der Waals surface area contributed by atoms with E-state index in [2.05, 4.69) is 45.1 Å². The molecule has 0 spiro atoms. The van der Waals surface area contributed by atoms with Gasteiger partial charge in [-0.25, -0.2) is 4.98 Å². The van der Waals surface area contributed by atoms with Crippen molar-refractivity contribution in [2.75, 3.05) is 11.1 Å². The molecule has 0 atom stereocenters. The third kappa shape index (κ3) is 4.10. The average Bonchev–Trinajstić information content (AvgIpc) is 2.38. The summed E-state index contributed by atoms with van der Waals surface area (Å²) in [6.45, 7) is 8.10. The van der Waals surface area contributed by atoms with Crippen molar-refractivity contribution in [1.29, 1.82) is 0 Å². The Balaban J connectivity index is 2.55. The van der Waals surface area contributed by atoms with Crippen LogP contribution in [0.25, 0.3) is 11.1 Å². The molecule has 5 nitrogen and oxygen atoms in total. The fraction of sp³-hybridized carbons (Fsp3) is 0.375. The molecule has 0 aliphatic rings. The molecule has 0 fully saturated rings. The highest BCUT2D eigenvalue weighted by Gasteiger charge is 2.15. The zero-order valence-corrected chi connectivity index (χ0v) is 14.8. The fourth-order valence-electron chi connectivity index (χ4n) is 2.05. The molecular weight excluding hydrogens is 344 g/mol. The number of aromatic nitrogens is 2. The summed E-state index contributed by atoms with van der Waals surface area (Å²) in [5.74, 6) is 1.73. The predicted molar refractivity (Wildman–Crippen MR) is 94.1 cm³/mol. The van der Waals surface area contributed by atoms with Gasteiger partial charge in [-0.05, 0) is 45.9 Å². The first-order valence-electron chi connectivity index (χ1n) is 7.22. The largest absolute Gasteiger partial charge is 0.490 e. The Morgan fingerprint density at radius 2 is 1.91 bits per heavy atom. The second-order valence-corrected chi connectivity index (χ2v) is 6.51. The number of nitrogens with two attached hydrogens (primary N) is 1. The highest BCUT2D eigenvalue weighted by atomic mass is 79.9. The topological polar surface area (TPSA) is 73.1 Å². The summed E-state index contributed by atoms with van der Waals surface area (Å²) in [5, 5.41) is 3.31. The Hall–Kier alpha value is -1.82. The minimum absolute atomic E-state index is 0.0734.